The van der Waals surface area contributed by atoms with Crippen LogP contribution in [0.4, 0.5) is 4.58 Å². The highest BCUT2D eigenvalue weighted by Gasteiger charge is 2.36. The number of carbonyl (C=O) groups excluding carboxylic acids is 3. The van der Waals surface area contributed by atoms with E-state index in [-0.39, 0.29) is 18.9 Å². The Morgan fingerprint density at radius 3 is 1.52 bits per heavy atom. The minimum atomic E-state index is -4.94. The van der Waals surface area contributed by atoms with Crippen molar-refractivity contribution < 1.29 is 48.0 Å². The Hall–Kier alpha value is -1.92. The highest BCUT2D eigenvalue weighted by Crippen LogP contribution is 2.19. The van der Waals surface area contributed by atoms with Gasteiger partial charge in [-0.1, -0.05) is 12.8 Å². The molecule has 0 unspecified atom stereocenters. The van der Waals surface area contributed by atoms with E-state index < -0.39 is 22.1 Å². The van der Waals surface area contributed by atoms with Crippen LogP contribution >= 0.6 is 0 Å². The molecule has 0 aromatic rings. The lowest BCUT2D eigenvalue weighted by Gasteiger charge is -2.17. The SMILES string of the molecule is O=C1CCC(=O)N1O[O+]=C(N=C1CCCCC1)N=C1CCCCC1.[O-][Cl+3]([O-])([O-])[O-]. The fourth-order valence-electron chi connectivity index (χ4n) is 3.19. The Kier molecular flexibility index (Phi) is 9.11. The number of nitrogens with zero attached hydrogens (tertiary/aromatic N) is 3. The van der Waals surface area contributed by atoms with Crippen LogP contribution in [0.15, 0.2) is 9.98 Å². The molecular weight excluding hydrogens is 410 g/mol. The van der Waals surface area contributed by atoms with Crippen LogP contribution in [0.25, 0.3) is 0 Å². The molecule has 0 spiro atoms. The third-order valence-corrected chi connectivity index (χ3v) is 4.56. The zero-order valence-corrected chi connectivity index (χ0v) is 16.7. The maximum absolute atomic E-state index is 11.6. The van der Waals surface area contributed by atoms with Crippen molar-refractivity contribution in [2.24, 2.45) is 9.98 Å². The van der Waals surface area contributed by atoms with Crippen molar-refractivity contribution in [3.8, 4) is 0 Å². The van der Waals surface area contributed by atoms with Gasteiger partial charge in [-0.05, 0) is 56.4 Å². The predicted molar refractivity (Wildman–Crippen MR) is 88.6 cm³/mol. The van der Waals surface area contributed by atoms with E-state index in [9.17, 15) is 9.59 Å². The van der Waals surface area contributed by atoms with E-state index in [1.807, 2.05) is 0 Å². The Balaban J connectivity index is 0.000000537. The van der Waals surface area contributed by atoms with Gasteiger partial charge in [0.05, 0.1) is 0 Å². The second-order valence-electron chi connectivity index (χ2n) is 6.88. The first kappa shape index (κ1) is 23.4. The topological polar surface area (TPSA) is 175 Å². The smallest absolute Gasteiger partial charge is 0.271 e. The van der Waals surface area contributed by atoms with Crippen molar-refractivity contribution in [3.63, 3.8) is 0 Å². The first-order valence-electron chi connectivity index (χ1n) is 9.54. The molecule has 2 aliphatic carbocycles. The molecule has 0 radical (unpaired) electrons. The largest absolute Gasteiger partial charge is 0.640 e. The number of amides is 4. The van der Waals surface area contributed by atoms with Crippen molar-refractivity contribution in [2.45, 2.75) is 77.0 Å². The van der Waals surface area contributed by atoms with Crippen molar-refractivity contribution in [3.05, 3.63) is 0 Å². The molecule has 3 rings (SSSR count). The number of hydrogen-bond donors (Lipinski definition) is 0. The summed E-state index contributed by atoms with van der Waals surface area (Å²) in [6.07, 6.45) is 10.9. The van der Waals surface area contributed by atoms with E-state index in [0.717, 1.165) is 62.8 Å². The Morgan fingerprint density at radius 2 is 1.14 bits per heavy atom. The fourth-order valence-corrected chi connectivity index (χ4v) is 3.19. The van der Waals surface area contributed by atoms with Crippen molar-refractivity contribution in [1.29, 1.82) is 0 Å². The average Bonchev–Trinajstić information content (AvgIpc) is 2.98. The number of halogens is 1. The van der Waals surface area contributed by atoms with Gasteiger partial charge in [0.25, 0.3) is 11.8 Å². The zero-order chi connectivity index (χ0) is 21.3. The molecule has 0 aromatic carbocycles. The lowest BCUT2D eigenvalue weighted by molar-refractivity contribution is -2.00. The molecule has 0 atom stereocenters. The van der Waals surface area contributed by atoms with Gasteiger partial charge in [-0.2, -0.15) is 0 Å². The minimum absolute atomic E-state index is 0.108. The average molecular weight is 434 g/mol. The van der Waals surface area contributed by atoms with E-state index in [0.29, 0.717) is 5.06 Å². The lowest BCUT2D eigenvalue weighted by atomic mass is 9.98. The standard InChI is InChI=1S/C17H24N3O4.ClHO4/c21-15-11-12-16(22)20(15)24-23-17(18-13-7-3-1-4-8-13)19-14-9-5-2-6-10-14;2-1(3,4)5/h1-12H2;(H,2,3,4,5)/q+1;/p-1. The van der Waals surface area contributed by atoms with Crippen LogP contribution < -0.4 is 18.6 Å². The summed E-state index contributed by atoms with van der Waals surface area (Å²) in [4.78, 5) is 37.1. The van der Waals surface area contributed by atoms with Gasteiger partial charge in [-0.15, -0.1) is 20.2 Å². The van der Waals surface area contributed by atoms with Gasteiger partial charge in [0.1, 0.15) is 4.58 Å². The summed E-state index contributed by atoms with van der Waals surface area (Å²) in [5, 5.41) is 0.669. The number of hydrogen-bond acceptors (Lipinski definition) is 7. The molecule has 11 nitrogen and oxygen atoms in total. The van der Waals surface area contributed by atoms with Gasteiger partial charge in [0.2, 0.25) is 0 Å². The summed E-state index contributed by atoms with van der Waals surface area (Å²) in [6, 6.07) is 0.108. The maximum Gasteiger partial charge on any atom is 0.640 e. The predicted octanol–water partition coefficient (Wildman–Crippen LogP) is -1.31. The van der Waals surface area contributed by atoms with Crippen LogP contribution in [-0.2, 0) is 14.6 Å². The molecule has 1 heterocycles. The first-order valence-corrected chi connectivity index (χ1v) is 10.8. The normalized spacial score (nSPS) is 20.1. The van der Waals surface area contributed by atoms with Gasteiger partial charge in [0, 0.05) is 29.3 Å². The van der Waals surface area contributed by atoms with Crippen LogP contribution in [0.5, 0.6) is 0 Å². The number of carbonyl (C=O) groups is 2. The molecule has 2 saturated carbocycles. The molecule has 0 bridgehead atoms. The van der Waals surface area contributed by atoms with Crippen LogP contribution in [0.1, 0.15) is 77.0 Å². The lowest BCUT2D eigenvalue weighted by Crippen LogP contribution is -2.68. The third kappa shape index (κ3) is 9.41. The molecule has 29 heavy (non-hydrogen) atoms. The van der Waals surface area contributed by atoms with E-state index in [1.165, 1.54) is 12.8 Å². The summed E-state index contributed by atoms with van der Waals surface area (Å²) in [7, 11) is -4.94. The second-order valence-corrected chi connectivity index (χ2v) is 7.63. The fraction of sp³-hybridized carbons (Fsp3) is 0.706. The summed E-state index contributed by atoms with van der Waals surface area (Å²) in [5.74, 6) is -0.787. The quantitative estimate of drug-likeness (QED) is 0.225. The van der Waals surface area contributed by atoms with E-state index in [4.69, 9.17) is 28.2 Å². The van der Waals surface area contributed by atoms with Gasteiger partial charge in [-0.3, -0.25) is 9.59 Å². The van der Waals surface area contributed by atoms with Crippen LogP contribution in [0, 0.1) is 10.2 Å². The molecule has 12 heteroatoms. The van der Waals surface area contributed by atoms with Gasteiger partial charge >= 0.3 is 6.03 Å². The van der Waals surface area contributed by atoms with Gasteiger partial charge in [-0.25, -0.2) is 18.6 Å². The second kappa shape index (κ2) is 11.3. The summed E-state index contributed by atoms with van der Waals surface area (Å²) in [5.41, 5.74) is 2.08. The monoisotopic (exact) mass is 433 g/mol. The van der Waals surface area contributed by atoms with Crippen molar-refractivity contribution >= 4 is 29.3 Å². The Bertz CT molecular complexity index is 619. The molecular formula is C17H24ClN3O8. The summed E-state index contributed by atoms with van der Waals surface area (Å²) >= 11 is 0. The van der Waals surface area contributed by atoms with Crippen LogP contribution in [0.3, 0.4) is 0 Å². The van der Waals surface area contributed by atoms with E-state index >= 15 is 0 Å². The number of hydroxylamine groups is 2. The summed E-state index contributed by atoms with van der Waals surface area (Å²) in [6.45, 7) is 0. The zero-order valence-electron chi connectivity index (χ0n) is 16.0. The summed E-state index contributed by atoms with van der Waals surface area (Å²) < 4.78 is 39.2. The number of imide groups is 1. The Morgan fingerprint density at radius 1 is 0.759 bits per heavy atom. The first-order chi connectivity index (χ1) is 13.7. The maximum atomic E-state index is 11.6. The number of aliphatic imine (C=N–C) groups is 2. The highest BCUT2D eigenvalue weighted by atomic mass is 35.7. The van der Waals surface area contributed by atoms with Gasteiger partial charge < -0.3 is 0 Å². The third-order valence-electron chi connectivity index (χ3n) is 4.56. The van der Waals surface area contributed by atoms with Gasteiger partial charge in [0.15, 0.2) is 0 Å². The number of urea groups is 1. The number of rotatable bonds is 2. The Labute approximate surface area is 170 Å². The molecule has 0 aromatic heterocycles. The van der Waals surface area contributed by atoms with Crippen LogP contribution in [-0.4, -0.2) is 34.3 Å². The molecule has 4 amide bonds. The highest BCUT2D eigenvalue weighted by molar-refractivity contribution is 6.02. The molecule has 0 N–H and O–H groups in total. The van der Waals surface area contributed by atoms with Crippen LogP contribution in [0.2, 0.25) is 0 Å². The van der Waals surface area contributed by atoms with Crippen molar-refractivity contribution in [2.75, 3.05) is 0 Å². The molecule has 1 saturated heterocycles. The molecule has 3 aliphatic rings. The molecule has 1 aliphatic heterocycles. The molecule has 3 fully saturated rings. The molecule has 162 valence electrons. The van der Waals surface area contributed by atoms with Crippen molar-refractivity contribution in [1.82, 2.24) is 5.06 Å². The van der Waals surface area contributed by atoms with E-state index in [2.05, 4.69) is 9.98 Å². The minimum Gasteiger partial charge on any atom is -0.271 e. The van der Waals surface area contributed by atoms with E-state index in [1.54, 1.807) is 0 Å².